The molecule has 1 aromatic rings. The topological polar surface area (TPSA) is 111 Å². The minimum atomic E-state index is -1.17. The van der Waals surface area contributed by atoms with Gasteiger partial charge in [0.15, 0.2) is 11.5 Å². The van der Waals surface area contributed by atoms with Gasteiger partial charge in [-0.05, 0) is 51.2 Å². The number of rotatable bonds is 8. The maximum atomic E-state index is 12.8. The van der Waals surface area contributed by atoms with Gasteiger partial charge in [0, 0.05) is 22.9 Å². The van der Waals surface area contributed by atoms with Gasteiger partial charge in [-0.1, -0.05) is 19.4 Å². The summed E-state index contributed by atoms with van der Waals surface area (Å²) in [5.41, 5.74) is 2.88. The number of amides is 1. The number of nitrogens with one attached hydrogen (secondary N) is 1. The molecule has 1 heterocycles. The number of hydrazone groups is 1. The molecule has 8 heteroatoms. The molecular weight excluding hydrogens is 398 g/mol. The molecule has 0 saturated heterocycles. The molecular formula is C23H29N3O5. The van der Waals surface area contributed by atoms with Crippen molar-refractivity contribution < 1.29 is 24.5 Å². The summed E-state index contributed by atoms with van der Waals surface area (Å²) in [4.78, 5) is 23.7. The number of aliphatic hydroxyl groups excluding tert-OH is 1. The van der Waals surface area contributed by atoms with Gasteiger partial charge in [0.2, 0.25) is 0 Å². The van der Waals surface area contributed by atoms with Crippen LogP contribution >= 0.6 is 0 Å². The van der Waals surface area contributed by atoms with E-state index in [0.717, 1.165) is 42.6 Å². The minimum absolute atomic E-state index is 0.110. The fourth-order valence-electron chi connectivity index (χ4n) is 3.91. The van der Waals surface area contributed by atoms with E-state index in [0.29, 0.717) is 23.8 Å². The molecule has 1 aliphatic heterocycles. The van der Waals surface area contributed by atoms with Crippen LogP contribution in [0.3, 0.4) is 0 Å². The number of nitrogens with zero attached hydrogens (tertiary/aromatic N) is 2. The highest BCUT2D eigenvalue weighted by Gasteiger charge is 2.38. The fourth-order valence-corrected chi connectivity index (χ4v) is 3.91. The molecule has 0 aromatic heterocycles. The van der Waals surface area contributed by atoms with Crippen molar-refractivity contribution in [3.8, 4) is 5.75 Å². The van der Waals surface area contributed by atoms with E-state index in [-0.39, 0.29) is 11.5 Å². The van der Waals surface area contributed by atoms with Gasteiger partial charge >= 0.3 is 5.97 Å². The molecule has 166 valence electrons. The number of allylic oxidation sites excluding steroid dienone is 1. The van der Waals surface area contributed by atoms with Crippen LogP contribution in [0.15, 0.2) is 29.0 Å². The van der Waals surface area contributed by atoms with E-state index >= 15 is 0 Å². The lowest BCUT2D eigenvalue weighted by Crippen LogP contribution is -2.38. The van der Waals surface area contributed by atoms with Crippen molar-refractivity contribution in [1.29, 1.82) is 0 Å². The Hall–Kier alpha value is -3.29. The second kappa shape index (κ2) is 9.68. The summed E-state index contributed by atoms with van der Waals surface area (Å²) < 4.78 is 6.05. The van der Waals surface area contributed by atoms with Crippen LogP contribution < -0.4 is 10.1 Å². The minimum Gasteiger partial charge on any atom is -0.505 e. The Labute approximate surface area is 181 Å². The summed E-state index contributed by atoms with van der Waals surface area (Å²) >= 11 is 0. The summed E-state index contributed by atoms with van der Waals surface area (Å²) in [6.45, 7) is 5.63. The summed E-state index contributed by atoms with van der Waals surface area (Å²) in [5, 5.41) is 28.1. The van der Waals surface area contributed by atoms with E-state index < -0.39 is 18.4 Å². The predicted molar refractivity (Wildman–Crippen MR) is 119 cm³/mol. The maximum absolute atomic E-state index is 12.8. The van der Waals surface area contributed by atoms with E-state index in [1.54, 1.807) is 13.0 Å². The van der Waals surface area contributed by atoms with E-state index in [1.165, 1.54) is 11.2 Å². The van der Waals surface area contributed by atoms with Gasteiger partial charge in [0.05, 0.1) is 12.3 Å². The number of fused-ring (bicyclic) bond motifs is 1. The highest BCUT2D eigenvalue weighted by atomic mass is 16.5. The maximum Gasteiger partial charge on any atom is 0.322 e. The summed E-state index contributed by atoms with van der Waals surface area (Å²) in [6.07, 6.45) is 7.44. The molecule has 0 unspecified atom stereocenters. The van der Waals surface area contributed by atoms with Gasteiger partial charge in [-0.3, -0.25) is 9.59 Å². The van der Waals surface area contributed by atoms with Crippen LogP contribution in [-0.2, 0) is 9.59 Å². The molecule has 2 aliphatic rings. The highest BCUT2D eigenvalue weighted by molar-refractivity contribution is 6.05. The van der Waals surface area contributed by atoms with Gasteiger partial charge in [-0.15, -0.1) is 0 Å². The lowest BCUT2D eigenvalue weighted by Gasteiger charge is -2.36. The molecule has 1 saturated carbocycles. The Bertz CT molecular complexity index is 960. The number of aliphatic carboxylic acids is 1. The molecule has 31 heavy (non-hydrogen) atoms. The number of aliphatic hydroxyl groups is 1. The third-order valence-electron chi connectivity index (χ3n) is 5.48. The van der Waals surface area contributed by atoms with E-state index in [1.807, 2.05) is 26.0 Å². The van der Waals surface area contributed by atoms with Gasteiger partial charge in [0.1, 0.15) is 12.3 Å². The first-order valence-electron chi connectivity index (χ1n) is 10.6. The third kappa shape index (κ3) is 4.28. The Morgan fingerprint density at radius 1 is 1.32 bits per heavy atom. The van der Waals surface area contributed by atoms with Crippen molar-refractivity contribution in [3.63, 3.8) is 0 Å². The van der Waals surface area contributed by atoms with Crippen LogP contribution in [0.5, 0.6) is 5.75 Å². The number of carbonyl (C=O) groups is 2. The summed E-state index contributed by atoms with van der Waals surface area (Å²) in [7, 11) is 0. The van der Waals surface area contributed by atoms with E-state index in [9.17, 15) is 14.7 Å². The summed E-state index contributed by atoms with van der Waals surface area (Å²) in [6, 6.07) is 3.59. The lowest BCUT2D eigenvalue weighted by molar-refractivity contribution is -0.137. The van der Waals surface area contributed by atoms with Crippen molar-refractivity contribution in [2.45, 2.75) is 52.4 Å². The van der Waals surface area contributed by atoms with Crippen LogP contribution in [0, 0.1) is 0 Å². The molecule has 1 aliphatic carbocycles. The lowest BCUT2D eigenvalue weighted by atomic mass is 9.75. The first kappa shape index (κ1) is 22.4. The Kier molecular flexibility index (Phi) is 6.99. The summed E-state index contributed by atoms with van der Waals surface area (Å²) in [5.74, 6) is -1.04. The molecule has 3 rings (SSSR count). The first-order valence-corrected chi connectivity index (χ1v) is 10.6. The van der Waals surface area contributed by atoms with E-state index in [2.05, 4.69) is 10.4 Å². The monoisotopic (exact) mass is 427 g/mol. The van der Waals surface area contributed by atoms with Gasteiger partial charge in [-0.25, -0.2) is 5.01 Å². The molecule has 1 fully saturated rings. The van der Waals surface area contributed by atoms with Crippen molar-refractivity contribution >= 4 is 29.5 Å². The van der Waals surface area contributed by atoms with Gasteiger partial charge < -0.3 is 20.3 Å². The molecule has 0 radical (unpaired) electrons. The van der Waals surface area contributed by atoms with Crippen LogP contribution in [0.1, 0.15) is 69.1 Å². The first-order chi connectivity index (χ1) is 14.9. The zero-order valence-corrected chi connectivity index (χ0v) is 18.1. The number of carboxylic acids is 1. The Morgan fingerprint density at radius 2 is 2.06 bits per heavy atom. The third-order valence-corrected chi connectivity index (χ3v) is 5.48. The number of carboxylic acid groups (broad SMARTS) is 1. The number of ether oxygens (including phenoxy) is 1. The highest BCUT2D eigenvalue weighted by Crippen LogP contribution is 2.49. The molecule has 8 nitrogen and oxygen atoms in total. The van der Waals surface area contributed by atoms with Crippen LogP contribution in [0.4, 0.5) is 0 Å². The van der Waals surface area contributed by atoms with Gasteiger partial charge in [0.25, 0.3) is 5.91 Å². The van der Waals surface area contributed by atoms with Gasteiger partial charge in [-0.2, -0.15) is 5.10 Å². The molecule has 0 atom stereocenters. The molecule has 0 spiro atoms. The molecule has 1 aromatic carbocycles. The normalized spacial score (nSPS) is 17.6. The van der Waals surface area contributed by atoms with Crippen molar-refractivity contribution in [3.05, 3.63) is 40.6 Å². The smallest absolute Gasteiger partial charge is 0.322 e. The van der Waals surface area contributed by atoms with E-state index in [4.69, 9.17) is 9.84 Å². The average Bonchev–Trinajstić information content (AvgIpc) is 2.70. The average molecular weight is 428 g/mol. The molecule has 0 bridgehead atoms. The fraction of sp³-hybridized carbons (Fsp3) is 0.435. The van der Waals surface area contributed by atoms with Crippen molar-refractivity contribution in [1.82, 2.24) is 10.3 Å². The number of hydrogen-bond donors (Lipinski definition) is 3. The van der Waals surface area contributed by atoms with Crippen molar-refractivity contribution in [2.24, 2.45) is 5.10 Å². The SMILES string of the molecule is C/C=N\N1C(C(=O)NCC(=O)O)=C(O)c2ccc(OCCC)c(C3CCC3)c2/C1=C\C. The zero-order valence-electron chi connectivity index (χ0n) is 18.1. The Morgan fingerprint density at radius 3 is 2.61 bits per heavy atom. The quantitative estimate of drug-likeness (QED) is 0.544. The van der Waals surface area contributed by atoms with Crippen LogP contribution in [0.2, 0.25) is 0 Å². The predicted octanol–water partition coefficient (Wildman–Crippen LogP) is 3.85. The van der Waals surface area contributed by atoms with Crippen molar-refractivity contribution in [2.75, 3.05) is 13.2 Å². The van der Waals surface area contributed by atoms with Crippen LogP contribution in [-0.4, -0.2) is 46.5 Å². The second-order valence-corrected chi connectivity index (χ2v) is 7.51. The molecule has 3 N–H and O–H groups in total. The van der Waals surface area contributed by atoms with Crippen LogP contribution in [0.25, 0.3) is 11.5 Å². The zero-order chi connectivity index (χ0) is 22.5. The number of hydrogen-bond acceptors (Lipinski definition) is 6. The standard InChI is InChI=1S/C23H29N3O5/c1-4-12-31-17-11-10-15-20(19(17)14-8-7-9-14)16(5-2)26(25-6-3)21(22(15)29)23(30)24-13-18(27)28/h5-6,10-11,14,29H,4,7-9,12-13H2,1-3H3,(H,24,30)(H,27,28)/b16-5+,25-6-. The number of benzene rings is 1. The molecule has 1 amide bonds. The number of carbonyl (C=O) groups excluding carboxylic acids is 1. The largest absolute Gasteiger partial charge is 0.505 e. The Balaban J connectivity index is 2.22. The second-order valence-electron chi connectivity index (χ2n) is 7.51.